The largest absolute Gasteiger partial charge is 0.391 e. The minimum atomic E-state index is -2.38. The van der Waals surface area contributed by atoms with E-state index in [1.807, 2.05) is 13.8 Å². The maximum Gasteiger partial charge on any atom is 0.369 e. The van der Waals surface area contributed by atoms with E-state index in [0.717, 1.165) is 22.2 Å². The van der Waals surface area contributed by atoms with Crippen molar-refractivity contribution in [2.24, 2.45) is 0 Å². The molecule has 0 N–H and O–H groups in total. The Labute approximate surface area is 176 Å². The lowest BCUT2D eigenvalue weighted by Crippen LogP contribution is -2.51. The Morgan fingerprint density at radius 3 is 1.31 bits per heavy atom. The van der Waals surface area contributed by atoms with Gasteiger partial charge in [-0.3, -0.25) is 0 Å². The van der Waals surface area contributed by atoms with Gasteiger partial charge in [-0.25, -0.2) is 0 Å². The Balaban J connectivity index is 2.02. The SMILES string of the molecule is CCO[Si](C)(OCC)c1ccc(N(c2ccc(C)cc2)c2ccc(C)cc2)cc1. The highest BCUT2D eigenvalue weighted by Gasteiger charge is 2.33. The number of hydrogen-bond acceptors (Lipinski definition) is 3. The van der Waals surface area contributed by atoms with E-state index in [1.165, 1.54) is 11.1 Å². The average Bonchev–Trinajstić information content (AvgIpc) is 2.72. The lowest BCUT2D eigenvalue weighted by Gasteiger charge is -2.28. The molecule has 0 atom stereocenters. The van der Waals surface area contributed by atoms with Crippen LogP contribution in [0.5, 0.6) is 0 Å². The van der Waals surface area contributed by atoms with Gasteiger partial charge in [-0.1, -0.05) is 47.5 Å². The van der Waals surface area contributed by atoms with Gasteiger partial charge >= 0.3 is 8.56 Å². The molecule has 3 rings (SSSR count). The second kappa shape index (κ2) is 9.40. The molecule has 0 heterocycles. The highest BCUT2D eigenvalue weighted by molar-refractivity contribution is 6.79. The van der Waals surface area contributed by atoms with Crippen LogP contribution in [0.25, 0.3) is 0 Å². The molecule has 0 radical (unpaired) electrons. The standard InChI is InChI=1S/C25H31NO2Si/c1-6-27-29(5,28-7-2)25-18-16-24(17-19-25)26(22-12-8-20(3)9-13-22)23-14-10-21(4)11-15-23/h8-19H,6-7H2,1-5H3. The molecular weight excluding hydrogens is 374 g/mol. The molecule has 0 bridgehead atoms. The molecular formula is C25H31NO2Si. The maximum atomic E-state index is 6.05. The fraction of sp³-hybridized carbons (Fsp3) is 0.280. The third kappa shape index (κ3) is 4.96. The molecule has 3 nitrogen and oxygen atoms in total. The molecule has 4 heteroatoms. The van der Waals surface area contributed by atoms with Crippen LogP contribution in [0.15, 0.2) is 72.8 Å². The summed E-state index contributed by atoms with van der Waals surface area (Å²) >= 11 is 0. The zero-order chi connectivity index (χ0) is 20.9. The maximum absolute atomic E-state index is 6.05. The van der Waals surface area contributed by atoms with Crippen molar-refractivity contribution in [1.29, 1.82) is 0 Å². The van der Waals surface area contributed by atoms with Gasteiger partial charge in [-0.2, -0.15) is 0 Å². The van der Waals surface area contributed by atoms with Crippen molar-refractivity contribution in [3.05, 3.63) is 83.9 Å². The Bertz CT molecular complexity index is 854. The number of hydrogen-bond donors (Lipinski definition) is 0. The number of aryl methyl sites for hydroxylation is 2. The molecule has 0 amide bonds. The van der Waals surface area contributed by atoms with Crippen molar-refractivity contribution in [3.8, 4) is 0 Å². The molecule has 3 aromatic rings. The monoisotopic (exact) mass is 405 g/mol. The van der Waals surface area contributed by atoms with Crippen LogP contribution in [-0.2, 0) is 8.85 Å². The highest BCUT2D eigenvalue weighted by atomic mass is 28.4. The molecule has 0 fully saturated rings. The topological polar surface area (TPSA) is 21.7 Å². The van der Waals surface area contributed by atoms with E-state index in [0.29, 0.717) is 13.2 Å². The molecule has 0 saturated heterocycles. The Morgan fingerprint density at radius 2 is 0.966 bits per heavy atom. The smallest absolute Gasteiger partial charge is 0.369 e. The van der Waals surface area contributed by atoms with Gasteiger partial charge in [0, 0.05) is 30.3 Å². The lowest BCUT2D eigenvalue weighted by molar-refractivity contribution is 0.202. The van der Waals surface area contributed by atoms with Crippen LogP contribution in [0.2, 0.25) is 6.55 Å². The van der Waals surface area contributed by atoms with E-state index >= 15 is 0 Å². The van der Waals surface area contributed by atoms with Crippen LogP contribution in [0.1, 0.15) is 25.0 Å². The van der Waals surface area contributed by atoms with Gasteiger partial charge < -0.3 is 13.8 Å². The third-order valence-corrected chi connectivity index (χ3v) is 8.13. The molecule has 0 aliphatic heterocycles. The molecule has 152 valence electrons. The first-order chi connectivity index (χ1) is 14.0. The molecule has 3 aromatic carbocycles. The molecule has 0 aliphatic rings. The van der Waals surface area contributed by atoms with Crippen LogP contribution >= 0.6 is 0 Å². The van der Waals surface area contributed by atoms with Crippen LogP contribution in [-0.4, -0.2) is 21.8 Å². The first-order valence-electron chi connectivity index (χ1n) is 10.3. The van der Waals surface area contributed by atoms with Gasteiger partial charge in [0.25, 0.3) is 0 Å². The van der Waals surface area contributed by atoms with Crippen molar-refractivity contribution in [2.75, 3.05) is 18.1 Å². The van der Waals surface area contributed by atoms with Gasteiger partial charge in [0.2, 0.25) is 0 Å². The van der Waals surface area contributed by atoms with Gasteiger partial charge in [0.05, 0.1) is 0 Å². The summed E-state index contributed by atoms with van der Waals surface area (Å²) in [5.41, 5.74) is 5.90. The third-order valence-electron chi connectivity index (χ3n) is 5.07. The number of anilines is 3. The van der Waals surface area contributed by atoms with Gasteiger partial charge in [0.15, 0.2) is 0 Å². The van der Waals surface area contributed by atoms with Gasteiger partial charge in [0.1, 0.15) is 0 Å². The van der Waals surface area contributed by atoms with Crippen molar-refractivity contribution in [2.45, 2.75) is 34.2 Å². The molecule has 0 unspecified atom stereocenters. The summed E-state index contributed by atoms with van der Waals surface area (Å²) in [6.07, 6.45) is 0. The summed E-state index contributed by atoms with van der Waals surface area (Å²) in [4.78, 5) is 2.28. The average molecular weight is 406 g/mol. The predicted molar refractivity (Wildman–Crippen MR) is 125 cm³/mol. The number of nitrogens with zero attached hydrogens (tertiary/aromatic N) is 1. The Hall–Kier alpha value is -2.40. The van der Waals surface area contributed by atoms with Crippen LogP contribution in [0.3, 0.4) is 0 Å². The second-order valence-corrected chi connectivity index (χ2v) is 10.4. The van der Waals surface area contributed by atoms with Crippen molar-refractivity contribution in [1.82, 2.24) is 0 Å². The van der Waals surface area contributed by atoms with E-state index in [2.05, 4.69) is 98.1 Å². The zero-order valence-corrected chi connectivity index (χ0v) is 19.1. The molecule has 29 heavy (non-hydrogen) atoms. The van der Waals surface area contributed by atoms with E-state index < -0.39 is 8.56 Å². The van der Waals surface area contributed by atoms with E-state index in [-0.39, 0.29) is 0 Å². The quantitative estimate of drug-likeness (QED) is 0.421. The minimum absolute atomic E-state index is 0.656. The van der Waals surface area contributed by atoms with Gasteiger partial charge in [-0.15, -0.1) is 0 Å². The van der Waals surface area contributed by atoms with Gasteiger partial charge in [-0.05, 0) is 75.8 Å². The molecule has 0 spiro atoms. The minimum Gasteiger partial charge on any atom is -0.391 e. The van der Waals surface area contributed by atoms with Crippen molar-refractivity contribution < 1.29 is 8.85 Å². The highest BCUT2D eigenvalue weighted by Crippen LogP contribution is 2.34. The van der Waals surface area contributed by atoms with Crippen LogP contribution in [0, 0.1) is 13.8 Å². The summed E-state index contributed by atoms with van der Waals surface area (Å²) in [6, 6.07) is 25.9. The first kappa shape index (κ1) is 21.3. The zero-order valence-electron chi connectivity index (χ0n) is 18.1. The first-order valence-corrected chi connectivity index (χ1v) is 12.6. The summed E-state index contributed by atoms with van der Waals surface area (Å²) in [5.74, 6) is 0. The van der Waals surface area contributed by atoms with Crippen LogP contribution in [0.4, 0.5) is 17.1 Å². The fourth-order valence-electron chi connectivity index (χ4n) is 3.51. The van der Waals surface area contributed by atoms with Crippen molar-refractivity contribution >= 4 is 30.8 Å². The van der Waals surface area contributed by atoms with Crippen molar-refractivity contribution in [3.63, 3.8) is 0 Å². The van der Waals surface area contributed by atoms with E-state index in [9.17, 15) is 0 Å². The summed E-state index contributed by atoms with van der Waals surface area (Å²) in [5, 5.41) is 1.15. The predicted octanol–water partition coefficient (Wildman–Crippen LogP) is 6.13. The molecule has 0 aliphatic carbocycles. The second-order valence-electron chi connectivity index (χ2n) is 7.37. The number of rotatable bonds is 8. The Morgan fingerprint density at radius 1 is 0.621 bits per heavy atom. The van der Waals surface area contributed by atoms with Crippen LogP contribution < -0.4 is 10.1 Å². The number of benzene rings is 3. The molecule has 0 saturated carbocycles. The Kier molecular flexibility index (Phi) is 6.90. The lowest BCUT2D eigenvalue weighted by atomic mass is 10.1. The van der Waals surface area contributed by atoms with E-state index in [1.54, 1.807) is 0 Å². The molecule has 0 aromatic heterocycles. The van der Waals surface area contributed by atoms with E-state index in [4.69, 9.17) is 8.85 Å². The fourth-order valence-corrected chi connectivity index (χ4v) is 5.80. The normalized spacial score (nSPS) is 11.5. The summed E-state index contributed by atoms with van der Waals surface area (Å²) < 4.78 is 12.1. The summed E-state index contributed by atoms with van der Waals surface area (Å²) in [7, 11) is -2.38. The summed E-state index contributed by atoms with van der Waals surface area (Å²) in [6.45, 7) is 11.7.